The van der Waals surface area contributed by atoms with Crippen LogP contribution in [0.25, 0.3) is 0 Å². The lowest BCUT2D eigenvalue weighted by Crippen LogP contribution is -2.36. The largest absolute Gasteiger partial charge is 0.391 e. The third kappa shape index (κ3) is 5.35. The summed E-state index contributed by atoms with van der Waals surface area (Å²) >= 11 is 0. The summed E-state index contributed by atoms with van der Waals surface area (Å²) in [5.41, 5.74) is 5.33. The van der Waals surface area contributed by atoms with Gasteiger partial charge in [0.2, 0.25) is 0 Å². The van der Waals surface area contributed by atoms with E-state index in [1.807, 2.05) is 0 Å². The number of aliphatic hydroxyl groups excluding tert-OH is 1. The van der Waals surface area contributed by atoms with E-state index >= 15 is 0 Å². The van der Waals surface area contributed by atoms with Crippen LogP contribution in [0.15, 0.2) is 0 Å². The molecule has 0 rings (SSSR count). The van der Waals surface area contributed by atoms with E-state index in [2.05, 4.69) is 0 Å². The van der Waals surface area contributed by atoms with Crippen molar-refractivity contribution in [1.29, 1.82) is 0 Å². The van der Waals surface area contributed by atoms with Crippen LogP contribution in [0.5, 0.6) is 0 Å². The zero-order valence-electron chi connectivity index (χ0n) is 6.34. The van der Waals surface area contributed by atoms with Crippen molar-refractivity contribution in [2.45, 2.75) is 25.5 Å². The van der Waals surface area contributed by atoms with E-state index in [4.69, 9.17) is 20.6 Å². The SMILES string of the molecule is CCC(N)C(O)CP(=O)(O)O. The molecule has 11 heavy (non-hydrogen) atoms. The van der Waals surface area contributed by atoms with Gasteiger partial charge < -0.3 is 20.6 Å². The number of nitrogens with two attached hydrogens (primary N) is 1. The number of aliphatic hydroxyl groups is 1. The summed E-state index contributed by atoms with van der Waals surface area (Å²) in [5.74, 6) is 0. The zero-order chi connectivity index (χ0) is 9.07. The number of rotatable bonds is 4. The average Bonchev–Trinajstić information content (AvgIpc) is 1.82. The number of hydrogen-bond acceptors (Lipinski definition) is 3. The van der Waals surface area contributed by atoms with Crippen molar-refractivity contribution in [3.8, 4) is 0 Å². The van der Waals surface area contributed by atoms with Crippen molar-refractivity contribution < 1.29 is 19.5 Å². The molecule has 2 unspecified atom stereocenters. The minimum Gasteiger partial charge on any atom is -0.391 e. The Labute approximate surface area is 65.4 Å². The van der Waals surface area contributed by atoms with E-state index < -0.39 is 25.9 Å². The van der Waals surface area contributed by atoms with Crippen LogP contribution in [-0.2, 0) is 4.57 Å². The highest BCUT2D eigenvalue weighted by Gasteiger charge is 2.23. The molecule has 5 nitrogen and oxygen atoms in total. The van der Waals surface area contributed by atoms with Crippen LogP contribution in [0.4, 0.5) is 0 Å². The Bertz CT molecular complexity index is 157. The second kappa shape index (κ2) is 4.18. The van der Waals surface area contributed by atoms with Crippen molar-refractivity contribution in [3.63, 3.8) is 0 Å². The Kier molecular flexibility index (Phi) is 4.21. The fraction of sp³-hybridized carbons (Fsp3) is 1.00. The van der Waals surface area contributed by atoms with Gasteiger partial charge in [-0.25, -0.2) is 0 Å². The first-order valence-corrected chi connectivity index (χ1v) is 5.14. The lowest BCUT2D eigenvalue weighted by atomic mass is 10.1. The van der Waals surface area contributed by atoms with Gasteiger partial charge in [0.05, 0.1) is 12.3 Å². The van der Waals surface area contributed by atoms with E-state index in [1.54, 1.807) is 6.92 Å². The van der Waals surface area contributed by atoms with E-state index in [0.717, 1.165) is 0 Å². The smallest absolute Gasteiger partial charge is 0.328 e. The molecule has 0 aromatic rings. The van der Waals surface area contributed by atoms with Gasteiger partial charge in [0.15, 0.2) is 0 Å². The molecule has 0 heterocycles. The summed E-state index contributed by atoms with van der Waals surface area (Å²) in [4.78, 5) is 16.9. The Morgan fingerprint density at radius 3 is 2.27 bits per heavy atom. The van der Waals surface area contributed by atoms with Gasteiger partial charge in [0.25, 0.3) is 0 Å². The first-order chi connectivity index (χ1) is 4.87. The molecule has 0 aromatic carbocycles. The quantitative estimate of drug-likeness (QED) is 0.430. The third-order valence-corrected chi connectivity index (χ3v) is 2.24. The van der Waals surface area contributed by atoms with Crippen LogP contribution < -0.4 is 5.73 Å². The monoisotopic (exact) mass is 183 g/mol. The van der Waals surface area contributed by atoms with Crippen molar-refractivity contribution in [1.82, 2.24) is 0 Å². The first-order valence-electron chi connectivity index (χ1n) is 3.35. The van der Waals surface area contributed by atoms with Gasteiger partial charge in [-0.1, -0.05) is 6.92 Å². The summed E-state index contributed by atoms with van der Waals surface area (Å²) in [6, 6.07) is -0.553. The standard InChI is InChI=1S/C5H14NO4P/c1-2-4(6)5(7)3-11(8,9)10/h4-5,7H,2-3,6H2,1H3,(H2,8,9,10). The van der Waals surface area contributed by atoms with Crippen molar-refractivity contribution in [2.24, 2.45) is 5.73 Å². The molecule has 0 aliphatic heterocycles. The molecule has 6 heteroatoms. The Morgan fingerprint density at radius 1 is 1.55 bits per heavy atom. The predicted molar refractivity (Wildman–Crippen MR) is 41.2 cm³/mol. The normalized spacial score (nSPS) is 17.9. The molecule has 0 saturated heterocycles. The Balaban J connectivity index is 3.87. The van der Waals surface area contributed by atoms with E-state index in [9.17, 15) is 4.57 Å². The second-order valence-corrected chi connectivity index (χ2v) is 4.18. The topological polar surface area (TPSA) is 104 Å². The maximum atomic E-state index is 10.3. The zero-order valence-corrected chi connectivity index (χ0v) is 7.24. The molecule has 0 fully saturated rings. The summed E-state index contributed by atoms with van der Waals surface area (Å²) in [7, 11) is -4.12. The molecule has 0 bridgehead atoms. The van der Waals surface area contributed by atoms with Gasteiger partial charge in [-0.3, -0.25) is 4.57 Å². The molecule has 0 saturated carbocycles. The minimum absolute atomic E-state index is 0.501. The highest BCUT2D eigenvalue weighted by molar-refractivity contribution is 7.51. The van der Waals surface area contributed by atoms with Crippen LogP contribution in [0.3, 0.4) is 0 Å². The summed E-state index contributed by atoms with van der Waals surface area (Å²) < 4.78 is 10.3. The molecule has 0 aliphatic carbocycles. The number of hydrogen-bond donors (Lipinski definition) is 4. The fourth-order valence-corrected chi connectivity index (χ4v) is 1.41. The first kappa shape index (κ1) is 11.1. The van der Waals surface area contributed by atoms with E-state index in [1.165, 1.54) is 0 Å². The third-order valence-electron chi connectivity index (χ3n) is 1.39. The molecule has 5 N–H and O–H groups in total. The van der Waals surface area contributed by atoms with Gasteiger partial charge in [0.1, 0.15) is 0 Å². The summed E-state index contributed by atoms with van der Waals surface area (Å²) in [5, 5.41) is 9.04. The molecular formula is C5H14NO4P. The molecule has 0 aliphatic rings. The van der Waals surface area contributed by atoms with Crippen molar-refractivity contribution >= 4 is 7.60 Å². The maximum Gasteiger partial charge on any atom is 0.328 e. The van der Waals surface area contributed by atoms with Crippen LogP contribution in [0.2, 0.25) is 0 Å². The van der Waals surface area contributed by atoms with Gasteiger partial charge in [-0.15, -0.1) is 0 Å². The Hall–Kier alpha value is 0.0700. The summed E-state index contributed by atoms with van der Waals surface area (Å²) in [6.45, 7) is 1.74. The van der Waals surface area contributed by atoms with Gasteiger partial charge in [0, 0.05) is 6.04 Å². The van der Waals surface area contributed by atoms with Gasteiger partial charge in [-0.05, 0) is 6.42 Å². The molecule has 0 amide bonds. The van der Waals surface area contributed by atoms with Crippen molar-refractivity contribution in [2.75, 3.05) is 6.16 Å². The Morgan fingerprint density at radius 2 is 2.00 bits per heavy atom. The molecular weight excluding hydrogens is 169 g/mol. The van der Waals surface area contributed by atoms with Crippen LogP contribution >= 0.6 is 7.60 Å². The van der Waals surface area contributed by atoms with Crippen LogP contribution in [0.1, 0.15) is 13.3 Å². The lowest BCUT2D eigenvalue weighted by Gasteiger charge is -2.16. The molecule has 0 radical (unpaired) electrons. The van der Waals surface area contributed by atoms with Gasteiger partial charge in [-0.2, -0.15) is 0 Å². The minimum atomic E-state index is -4.12. The van der Waals surface area contributed by atoms with E-state index in [0.29, 0.717) is 6.42 Å². The van der Waals surface area contributed by atoms with E-state index in [-0.39, 0.29) is 0 Å². The highest BCUT2D eigenvalue weighted by Crippen LogP contribution is 2.35. The maximum absolute atomic E-state index is 10.3. The van der Waals surface area contributed by atoms with Crippen LogP contribution in [0, 0.1) is 0 Å². The lowest BCUT2D eigenvalue weighted by molar-refractivity contribution is 0.157. The molecule has 2 atom stereocenters. The predicted octanol–water partition coefficient (Wildman–Crippen LogP) is -0.738. The highest BCUT2D eigenvalue weighted by atomic mass is 31.2. The fourth-order valence-electron chi connectivity index (χ4n) is 0.651. The molecule has 68 valence electrons. The molecule has 0 spiro atoms. The second-order valence-electron chi connectivity index (χ2n) is 2.49. The van der Waals surface area contributed by atoms with Gasteiger partial charge >= 0.3 is 7.60 Å². The average molecular weight is 183 g/mol. The van der Waals surface area contributed by atoms with Crippen molar-refractivity contribution in [3.05, 3.63) is 0 Å². The molecule has 0 aromatic heterocycles. The summed E-state index contributed by atoms with van der Waals surface area (Å²) in [6.07, 6.45) is -1.16. The van der Waals surface area contributed by atoms with Crippen LogP contribution in [-0.4, -0.2) is 33.2 Å².